The van der Waals surface area contributed by atoms with Crippen molar-refractivity contribution in [2.75, 3.05) is 11.4 Å². The molecule has 5 heteroatoms. The van der Waals surface area contributed by atoms with Gasteiger partial charge in [-0.1, -0.05) is 11.6 Å². The summed E-state index contributed by atoms with van der Waals surface area (Å²) in [5.41, 5.74) is 0.791. The standard InChI is InChI=1S/C12H11ClN2O2/c13-9-1-3-10(4-2-9)15-7-8(6-14)5-11(15)12(16)17/h1-4,8,11H,5,7H2,(H,16,17). The molecule has 1 aromatic rings. The molecule has 0 radical (unpaired) electrons. The first-order chi connectivity index (χ1) is 8.11. The van der Waals surface area contributed by atoms with Crippen LogP contribution in [-0.4, -0.2) is 23.7 Å². The lowest BCUT2D eigenvalue weighted by Gasteiger charge is -2.23. The van der Waals surface area contributed by atoms with Crippen LogP contribution in [0.2, 0.25) is 5.02 Å². The maximum absolute atomic E-state index is 11.1. The van der Waals surface area contributed by atoms with Gasteiger partial charge in [0.15, 0.2) is 0 Å². The SMILES string of the molecule is N#CC1CC(C(=O)O)N(c2ccc(Cl)cc2)C1. The molecule has 2 atom stereocenters. The van der Waals surface area contributed by atoms with Gasteiger partial charge in [0.1, 0.15) is 6.04 Å². The third-order valence-corrected chi connectivity index (χ3v) is 3.18. The van der Waals surface area contributed by atoms with E-state index in [1.54, 1.807) is 29.2 Å². The Kier molecular flexibility index (Phi) is 3.21. The highest BCUT2D eigenvalue weighted by molar-refractivity contribution is 6.30. The molecule has 1 aliphatic rings. The van der Waals surface area contributed by atoms with E-state index in [9.17, 15) is 4.79 Å². The van der Waals surface area contributed by atoms with E-state index in [1.165, 1.54) is 0 Å². The van der Waals surface area contributed by atoms with E-state index in [1.807, 2.05) is 0 Å². The topological polar surface area (TPSA) is 64.3 Å². The van der Waals surface area contributed by atoms with Crippen LogP contribution in [0.4, 0.5) is 5.69 Å². The second-order valence-corrected chi connectivity index (χ2v) is 4.48. The molecule has 1 fully saturated rings. The van der Waals surface area contributed by atoms with E-state index in [4.69, 9.17) is 22.0 Å². The van der Waals surface area contributed by atoms with Crippen molar-refractivity contribution in [3.05, 3.63) is 29.3 Å². The molecule has 1 aromatic carbocycles. The summed E-state index contributed by atoms with van der Waals surface area (Å²) in [4.78, 5) is 12.9. The molecule has 1 N–H and O–H groups in total. The van der Waals surface area contributed by atoms with Crippen molar-refractivity contribution in [1.29, 1.82) is 5.26 Å². The number of carboxylic acids is 1. The van der Waals surface area contributed by atoms with Crippen LogP contribution in [0, 0.1) is 17.2 Å². The zero-order valence-corrected chi connectivity index (χ0v) is 9.76. The average molecular weight is 251 g/mol. The molecule has 0 saturated carbocycles. The number of nitrogens with zero attached hydrogens (tertiary/aromatic N) is 2. The number of carboxylic acid groups (broad SMARTS) is 1. The van der Waals surface area contributed by atoms with Crippen molar-refractivity contribution in [3.63, 3.8) is 0 Å². The van der Waals surface area contributed by atoms with E-state index >= 15 is 0 Å². The van der Waals surface area contributed by atoms with Gasteiger partial charge in [0.25, 0.3) is 0 Å². The van der Waals surface area contributed by atoms with Crippen molar-refractivity contribution < 1.29 is 9.90 Å². The van der Waals surface area contributed by atoms with Gasteiger partial charge in [-0.3, -0.25) is 0 Å². The number of anilines is 1. The van der Waals surface area contributed by atoms with Crippen LogP contribution in [0.3, 0.4) is 0 Å². The minimum absolute atomic E-state index is 0.230. The fourth-order valence-corrected chi connectivity index (χ4v) is 2.21. The summed E-state index contributed by atoms with van der Waals surface area (Å²) >= 11 is 5.79. The van der Waals surface area contributed by atoms with Gasteiger partial charge >= 0.3 is 5.97 Å². The molecule has 1 heterocycles. The number of aliphatic carboxylic acids is 1. The van der Waals surface area contributed by atoms with Crippen molar-refractivity contribution in [2.45, 2.75) is 12.5 Å². The molecular weight excluding hydrogens is 240 g/mol. The lowest BCUT2D eigenvalue weighted by Crippen LogP contribution is -2.35. The Bertz CT molecular complexity index is 466. The molecular formula is C12H11ClN2O2. The molecule has 88 valence electrons. The molecule has 0 bridgehead atoms. The second-order valence-electron chi connectivity index (χ2n) is 4.04. The van der Waals surface area contributed by atoms with Gasteiger partial charge in [-0.15, -0.1) is 0 Å². The average Bonchev–Trinajstić information content (AvgIpc) is 2.74. The Balaban J connectivity index is 2.27. The number of halogens is 1. The van der Waals surface area contributed by atoms with Crippen LogP contribution < -0.4 is 4.90 Å². The van der Waals surface area contributed by atoms with Gasteiger partial charge < -0.3 is 10.0 Å². The van der Waals surface area contributed by atoms with Crippen LogP contribution in [0.25, 0.3) is 0 Å². The summed E-state index contributed by atoms with van der Waals surface area (Å²) in [5, 5.41) is 18.6. The smallest absolute Gasteiger partial charge is 0.326 e. The highest BCUT2D eigenvalue weighted by Gasteiger charge is 2.36. The Morgan fingerprint density at radius 3 is 2.65 bits per heavy atom. The number of carbonyl (C=O) groups is 1. The van der Waals surface area contributed by atoms with E-state index in [2.05, 4.69) is 6.07 Å². The zero-order chi connectivity index (χ0) is 12.4. The number of hydrogen-bond donors (Lipinski definition) is 1. The van der Waals surface area contributed by atoms with E-state index in [0.29, 0.717) is 18.0 Å². The molecule has 2 rings (SSSR count). The fourth-order valence-electron chi connectivity index (χ4n) is 2.08. The number of rotatable bonds is 2. The maximum atomic E-state index is 11.1. The summed E-state index contributed by atoms with van der Waals surface area (Å²) < 4.78 is 0. The molecule has 1 aliphatic heterocycles. The lowest BCUT2D eigenvalue weighted by atomic mass is 10.1. The van der Waals surface area contributed by atoms with E-state index in [0.717, 1.165) is 5.69 Å². The predicted octanol–water partition coefficient (Wildman–Crippen LogP) is 2.14. The predicted molar refractivity (Wildman–Crippen MR) is 63.9 cm³/mol. The van der Waals surface area contributed by atoms with Crippen LogP contribution in [-0.2, 0) is 4.79 Å². The monoisotopic (exact) mass is 250 g/mol. The van der Waals surface area contributed by atoms with E-state index in [-0.39, 0.29) is 5.92 Å². The highest BCUT2D eigenvalue weighted by atomic mass is 35.5. The molecule has 17 heavy (non-hydrogen) atoms. The lowest BCUT2D eigenvalue weighted by molar-refractivity contribution is -0.138. The highest BCUT2D eigenvalue weighted by Crippen LogP contribution is 2.29. The van der Waals surface area contributed by atoms with Crippen LogP contribution in [0.1, 0.15) is 6.42 Å². The molecule has 0 spiro atoms. The first kappa shape index (κ1) is 11.7. The molecule has 0 aromatic heterocycles. The normalized spacial score (nSPS) is 23.4. The first-order valence-electron chi connectivity index (χ1n) is 5.26. The van der Waals surface area contributed by atoms with Crippen molar-refractivity contribution in [2.24, 2.45) is 5.92 Å². The third-order valence-electron chi connectivity index (χ3n) is 2.93. The van der Waals surface area contributed by atoms with Gasteiger partial charge in [-0.2, -0.15) is 5.26 Å². The minimum atomic E-state index is -0.891. The Hall–Kier alpha value is -1.73. The third kappa shape index (κ3) is 2.34. The maximum Gasteiger partial charge on any atom is 0.326 e. The van der Waals surface area contributed by atoms with Gasteiger partial charge in [0, 0.05) is 17.3 Å². The molecule has 2 unspecified atom stereocenters. The molecule has 0 aliphatic carbocycles. The molecule has 4 nitrogen and oxygen atoms in total. The number of benzene rings is 1. The van der Waals surface area contributed by atoms with Gasteiger partial charge in [0.05, 0.1) is 12.0 Å². The summed E-state index contributed by atoms with van der Waals surface area (Å²) in [6, 6.07) is 8.49. The number of hydrogen-bond acceptors (Lipinski definition) is 3. The summed E-state index contributed by atoms with van der Waals surface area (Å²) in [6.07, 6.45) is 0.370. The van der Waals surface area contributed by atoms with Crippen LogP contribution >= 0.6 is 11.6 Å². The van der Waals surface area contributed by atoms with Crippen molar-refractivity contribution >= 4 is 23.3 Å². The fraction of sp³-hybridized carbons (Fsp3) is 0.333. The van der Waals surface area contributed by atoms with Crippen LogP contribution in [0.15, 0.2) is 24.3 Å². The second kappa shape index (κ2) is 4.64. The van der Waals surface area contributed by atoms with E-state index < -0.39 is 12.0 Å². The quantitative estimate of drug-likeness (QED) is 0.874. The zero-order valence-electron chi connectivity index (χ0n) is 9.01. The molecule has 1 saturated heterocycles. The first-order valence-corrected chi connectivity index (χ1v) is 5.64. The van der Waals surface area contributed by atoms with Crippen LogP contribution in [0.5, 0.6) is 0 Å². The Morgan fingerprint density at radius 2 is 2.12 bits per heavy atom. The molecule has 0 amide bonds. The van der Waals surface area contributed by atoms with Gasteiger partial charge in [-0.25, -0.2) is 4.79 Å². The van der Waals surface area contributed by atoms with Gasteiger partial charge in [0.2, 0.25) is 0 Å². The summed E-state index contributed by atoms with van der Waals surface area (Å²) in [7, 11) is 0. The van der Waals surface area contributed by atoms with Crippen molar-refractivity contribution in [3.8, 4) is 6.07 Å². The summed E-state index contributed by atoms with van der Waals surface area (Å²) in [6.45, 7) is 0.453. The minimum Gasteiger partial charge on any atom is -0.480 e. The Labute approximate surface area is 104 Å². The number of nitriles is 1. The van der Waals surface area contributed by atoms with Crippen molar-refractivity contribution in [1.82, 2.24) is 0 Å². The largest absolute Gasteiger partial charge is 0.480 e. The van der Waals surface area contributed by atoms with Gasteiger partial charge in [-0.05, 0) is 30.7 Å². The summed E-state index contributed by atoms with van der Waals surface area (Å²) in [5.74, 6) is -1.12. The Morgan fingerprint density at radius 1 is 1.47 bits per heavy atom.